The van der Waals surface area contributed by atoms with E-state index in [0.29, 0.717) is 35.1 Å². The first-order valence-corrected chi connectivity index (χ1v) is 7.38. The standard InChI is InChI=1S/C14H16Cl2N2O3/c1-2-14(12(19)20)5-6-18(8-14)13(21)17-11-4-3-9(15)7-10(11)16/h3-4,7H,2,5-6,8H2,1H3,(H,17,21)(H,19,20). The van der Waals surface area contributed by atoms with E-state index >= 15 is 0 Å². The highest BCUT2D eigenvalue weighted by molar-refractivity contribution is 6.36. The summed E-state index contributed by atoms with van der Waals surface area (Å²) in [5, 5.41) is 12.8. The molecule has 114 valence electrons. The number of hydrogen-bond donors (Lipinski definition) is 2. The summed E-state index contributed by atoms with van der Waals surface area (Å²) in [6.45, 7) is 2.44. The monoisotopic (exact) mass is 330 g/mol. The molecule has 0 aromatic heterocycles. The fraction of sp³-hybridized carbons (Fsp3) is 0.429. The van der Waals surface area contributed by atoms with E-state index in [2.05, 4.69) is 5.32 Å². The van der Waals surface area contributed by atoms with E-state index in [1.165, 1.54) is 11.0 Å². The average Bonchev–Trinajstić information content (AvgIpc) is 2.88. The van der Waals surface area contributed by atoms with Crippen LogP contribution >= 0.6 is 23.2 Å². The van der Waals surface area contributed by atoms with Gasteiger partial charge in [-0.15, -0.1) is 0 Å². The minimum atomic E-state index is -0.857. The summed E-state index contributed by atoms with van der Waals surface area (Å²) < 4.78 is 0. The number of hydrogen-bond acceptors (Lipinski definition) is 2. The number of carbonyl (C=O) groups excluding carboxylic acids is 1. The van der Waals surface area contributed by atoms with Gasteiger partial charge < -0.3 is 15.3 Å². The van der Waals surface area contributed by atoms with Gasteiger partial charge in [-0.1, -0.05) is 30.1 Å². The summed E-state index contributed by atoms with van der Waals surface area (Å²) in [5.74, 6) is -0.857. The van der Waals surface area contributed by atoms with Crippen LogP contribution in [0.15, 0.2) is 18.2 Å². The Morgan fingerprint density at radius 3 is 2.67 bits per heavy atom. The molecule has 2 rings (SSSR count). The SMILES string of the molecule is CCC1(C(=O)O)CCN(C(=O)Nc2ccc(Cl)cc2Cl)C1. The van der Waals surface area contributed by atoms with E-state index in [-0.39, 0.29) is 12.6 Å². The lowest BCUT2D eigenvalue weighted by molar-refractivity contribution is -0.148. The molecule has 1 aromatic carbocycles. The van der Waals surface area contributed by atoms with Crippen molar-refractivity contribution in [2.75, 3.05) is 18.4 Å². The maximum Gasteiger partial charge on any atom is 0.321 e. The van der Waals surface area contributed by atoms with Gasteiger partial charge in [0.2, 0.25) is 0 Å². The highest BCUT2D eigenvalue weighted by atomic mass is 35.5. The highest BCUT2D eigenvalue weighted by Crippen LogP contribution is 2.34. The molecule has 0 aliphatic carbocycles. The molecule has 2 amide bonds. The molecule has 2 N–H and O–H groups in total. The maximum absolute atomic E-state index is 12.2. The zero-order valence-corrected chi connectivity index (χ0v) is 13.0. The Morgan fingerprint density at radius 2 is 2.14 bits per heavy atom. The van der Waals surface area contributed by atoms with Crippen LogP contribution in [0.3, 0.4) is 0 Å². The first-order valence-electron chi connectivity index (χ1n) is 6.62. The number of benzene rings is 1. The number of aliphatic carboxylic acids is 1. The van der Waals surface area contributed by atoms with Crippen molar-refractivity contribution in [3.63, 3.8) is 0 Å². The Balaban J connectivity index is 2.07. The number of carboxylic acid groups (broad SMARTS) is 1. The van der Waals surface area contributed by atoms with Gasteiger partial charge in [-0.3, -0.25) is 4.79 Å². The molecule has 1 aliphatic heterocycles. The van der Waals surface area contributed by atoms with Crippen LogP contribution in [0, 0.1) is 5.41 Å². The van der Waals surface area contributed by atoms with Gasteiger partial charge >= 0.3 is 12.0 Å². The van der Waals surface area contributed by atoms with Crippen LogP contribution in [-0.2, 0) is 4.79 Å². The quantitative estimate of drug-likeness (QED) is 0.887. The third kappa shape index (κ3) is 3.24. The molecular weight excluding hydrogens is 315 g/mol. The van der Waals surface area contributed by atoms with E-state index in [4.69, 9.17) is 23.2 Å². The van der Waals surface area contributed by atoms with Crippen LogP contribution in [-0.4, -0.2) is 35.1 Å². The van der Waals surface area contributed by atoms with E-state index in [9.17, 15) is 14.7 Å². The first kappa shape index (κ1) is 15.9. The fourth-order valence-electron chi connectivity index (χ4n) is 2.45. The van der Waals surface area contributed by atoms with Crippen LogP contribution in [0.25, 0.3) is 0 Å². The summed E-state index contributed by atoms with van der Waals surface area (Å²) in [6.07, 6.45) is 0.953. The minimum Gasteiger partial charge on any atom is -0.481 e. The number of nitrogens with one attached hydrogen (secondary N) is 1. The lowest BCUT2D eigenvalue weighted by Gasteiger charge is -2.23. The number of amides is 2. The molecule has 1 unspecified atom stereocenters. The van der Waals surface area contributed by atoms with Crippen molar-refractivity contribution in [3.8, 4) is 0 Å². The number of carboxylic acids is 1. The predicted octanol–water partition coefficient (Wildman–Crippen LogP) is 3.71. The van der Waals surface area contributed by atoms with Crippen LogP contribution in [0.2, 0.25) is 10.0 Å². The Kier molecular flexibility index (Phi) is 4.64. The molecule has 1 aliphatic rings. The summed E-state index contributed by atoms with van der Waals surface area (Å²) in [7, 11) is 0. The molecule has 21 heavy (non-hydrogen) atoms. The molecule has 0 spiro atoms. The largest absolute Gasteiger partial charge is 0.481 e. The van der Waals surface area contributed by atoms with Gasteiger partial charge in [0.05, 0.1) is 16.1 Å². The average molecular weight is 331 g/mol. The van der Waals surface area contributed by atoms with Gasteiger partial charge in [-0.25, -0.2) is 4.79 Å². The minimum absolute atomic E-state index is 0.204. The molecule has 1 saturated heterocycles. The smallest absolute Gasteiger partial charge is 0.321 e. The Bertz CT molecular complexity index is 579. The van der Waals surface area contributed by atoms with Crippen molar-refractivity contribution in [1.82, 2.24) is 4.90 Å². The zero-order chi connectivity index (χ0) is 15.6. The summed E-state index contributed by atoms with van der Waals surface area (Å²) in [5.41, 5.74) is -0.392. The zero-order valence-electron chi connectivity index (χ0n) is 11.5. The Hall–Kier alpha value is -1.46. The lowest BCUT2D eigenvalue weighted by Crippen LogP contribution is -2.38. The maximum atomic E-state index is 12.2. The summed E-state index contributed by atoms with van der Waals surface area (Å²) in [4.78, 5) is 25.1. The second-order valence-electron chi connectivity index (χ2n) is 5.16. The molecule has 0 bridgehead atoms. The summed E-state index contributed by atoms with van der Waals surface area (Å²) >= 11 is 11.8. The van der Waals surface area contributed by atoms with Gasteiger partial charge in [-0.05, 0) is 31.0 Å². The molecule has 5 nitrogen and oxygen atoms in total. The molecule has 1 atom stereocenters. The van der Waals surface area contributed by atoms with Crippen molar-refractivity contribution >= 4 is 40.9 Å². The fourth-order valence-corrected chi connectivity index (χ4v) is 2.90. The van der Waals surface area contributed by atoms with E-state index in [0.717, 1.165) is 0 Å². The predicted molar refractivity (Wildman–Crippen MR) is 82.0 cm³/mol. The highest BCUT2D eigenvalue weighted by Gasteiger charge is 2.44. The first-order chi connectivity index (χ1) is 9.88. The second kappa shape index (κ2) is 6.12. The van der Waals surface area contributed by atoms with Crippen LogP contribution < -0.4 is 5.32 Å². The van der Waals surface area contributed by atoms with Crippen LogP contribution in [0.5, 0.6) is 0 Å². The second-order valence-corrected chi connectivity index (χ2v) is 6.01. The normalized spacial score (nSPS) is 21.4. The molecule has 1 fully saturated rings. The number of likely N-dealkylation sites (tertiary alicyclic amines) is 1. The van der Waals surface area contributed by atoms with Gasteiger partial charge in [0, 0.05) is 18.1 Å². The molecule has 1 aromatic rings. The Labute approximate surface area is 132 Å². The number of nitrogens with zero attached hydrogens (tertiary/aromatic N) is 1. The Morgan fingerprint density at radius 1 is 1.43 bits per heavy atom. The van der Waals surface area contributed by atoms with Crippen molar-refractivity contribution < 1.29 is 14.7 Å². The van der Waals surface area contributed by atoms with Gasteiger partial charge in [0.1, 0.15) is 0 Å². The van der Waals surface area contributed by atoms with E-state index in [1.807, 2.05) is 6.92 Å². The number of anilines is 1. The van der Waals surface area contributed by atoms with Crippen molar-refractivity contribution in [2.24, 2.45) is 5.41 Å². The molecule has 0 saturated carbocycles. The molecule has 0 radical (unpaired) electrons. The van der Waals surface area contributed by atoms with Crippen LogP contribution in [0.1, 0.15) is 19.8 Å². The molecule has 7 heteroatoms. The van der Waals surface area contributed by atoms with Gasteiger partial charge in [-0.2, -0.15) is 0 Å². The lowest BCUT2D eigenvalue weighted by atomic mass is 9.84. The van der Waals surface area contributed by atoms with Gasteiger partial charge in [0.25, 0.3) is 0 Å². The van der Waals surface area contributed by atoms with Crippen molar-refractivity contribution in [1.29, 1.82) is 0 Å². The number of urea groups is 1. The number of rotatable bonds is 3. The molecular formula is C14H16Cl2N2O3. The third-order valence-corrected chi connectivity index (χ3v) is 4.49. The van der Waals surface area contributed by atoms with E-state index < -0.39 is 11.4 Å². The van der Waals surface area contributed by atoms with Gasteiger partial charge in [0.15, 0.2) is 0 Å². The van der Waals surface area contributed by atoms with Crippen molar-refractivity contribution in [2.45, 2.75) is 19.8 Å². The van der Waals surface area contributed by atoms with E-state index in [1.54, 1.807) is 12.1 Å². The summed E-state index contributed by atoms with van der Waals surface area (Å²) in [6, 6.07) is 4.43. The molecule has 1 heterocycles. The topological polar surface area (TPSA) is 69.6 Å². The van der Waals surface area contributed by atoms with Crippen molar-refractivity contribution in [3.05, 3.63) is 28.2 Å². The number of carbonyl (C=O) groups is 2. The number of halogens is 2. The van der Waals surface area contributed by atoms with Crippen LogP contribution in [0.4, 0.5) is 10.5 Å². The third-order valence-electron chi connectivity index (χ3n) is 3.94.